The highest BCUT2D eigenvalue weighted by Gasteiger charge is 2.29. The van der Waals surface area contributed by atoms with Crippen molar-refractivity contribution in [3.05, 3.63) is 41.6 Å². The first-order chi connectivity index (χ1) is 12.4. The highest BCUT2D eigenvalue weighted by atomic mass is 32.2. The molecule has 0 saturated heterocycles. The van der Waals surface area contributed by atoms with Crippen LogP contribution in [0.15, 0.2) is 28.8 Å². The number of rotatable bonds is 5. The van der Waals surface area contributed by atoms with E-state index in [1.165, 1.54) is 0 Å². The largest absolute Gasteiger partial charge is 0.356 e. The van der Waals surface area contributed by atoms with E-state index in [-0.39, 0.29) is 17.7 Å². The van der Waals surface area contributed by atoms with Gasteiger partial charge in [-0.1, -0.05) is 31.1 Å². The molecule has 4 rings (SSSR count). The second kappa shape index (κ2) is 6.48. The van der Waals surface area contributed by atoms with Crippen LogP contribution in [0.3, 0.4) is 0 Å². The molecule has 0 spiro atoms. The molecule has 8 nitrogen and oxygen atoms in total. The number of aryl methyl sites for hydroxylation is 1. The molecule has 0 saturated carbocycles. The van der Waals surface area contributed by atoms with Crippen LogP contribution in [0.25, 0.3) is 11.0 Å². The molecule has 1 aliphatic rings. The zero-order valence-corrected chi connectivity index (χ0v) is 15.5. The van der Waals surface area contributed by atoms with E-state index in [1.807, 2.05) is 36.7 Å². The number of fused-ring (bicyclic) bond motifs is 2. The lowest BCUT2D eigenvalue weighted by molar-refractivity contribution is 0.399. The van der Waals surface area contributed by atoms with Crippen LogP contribution in [0.1, 0.15) is 56.0 Å². The van der Waals surface area contributed by atoms with Gasteiger partial charge in [0.25, 0.3) is 0 Å². The van der Waals surface area contributed by atoms with Crippen molar-refractivity contribution in [1.82, 2.24) is 24.6 Å². The van der Waals surface area contributed by atoms with Gasteiger partial charge in [0.05, 0.1) is 6.04 Å². The van der Waals surface area contributed by atoms with Gasteiger partial charge < -0.3 is 4.52 Å². The molecule has 1 aliphatic heterocycles. The third-order valence-corrected chi connectivity index (χ3v) is 5.81. The quantitative estimate of drug-likeness (QED) is 0.735. The van der Waals surface area contributed by atoms with Crippen molar-refractivity contribution in [1.29, 1.82) is 0 Å². The highest BCUT2D eigenvalue weighted by Crippen LogP contribution is 2.26. The number of hydrogen-bond acceptors (Lipinski definition) is 6. The Morgan fingerprint density at radius 1 is 1.35 bits per heavy atom. The summed E-state index contributed by atoms with van der Waals surface area (Å²) in [7, 11) is -3.60. The van der Waals surface area contributed by atoms with Crippen molar-refractivity contribution in [2.75, 3.05) is 0 Å². The molecule has 3 heterocycles. The third-order valence-electron chi connectivity index (χ3n) is 4.51. The maximum Gasteiger partial charge on any atom is 0.218 e. The predicted molar refractivity (Wildman–Crippen MR) is 95.9 cm³/mol. The molecule has 1 N–H and O–H groups in total. The van der Waals surface area contributed by atoms with Gasteiger partial charge in [0, 0.05) is 17.8 Å². The number of benzene rings is 1. The minimum absolute atomic E-state index is 0.201. The van der Waals surface area contributed by atoms with Crippen LogP contribution < -0.4 is 4.72 Å². The summed E-state index contributed by atoms with van der Waals surface area (Å²) in [6, 6.07) is 6.86. The fraction of sp³-hybridized carbons (Fsp3) is 0.471. The van der Waals surface area contributed by atoms with Crippen molar-refractivity contribution < 1.29 is 12.9 Å². The average molecular weight is 375 g/mol. The van der Waals surface area contributed by atoms with E-state index < -0.39 is 10.0 Å². The van der Waals surface area contributed by atoms with E-state index in [4.69, 9.17) is 4.52 Å². The maximum atomic E-state index is 12.7. The van der Waals surface area contributed by atoms with Gasteiger partial charge in [0.1, 0.15) is 17.3 Å². The summed E-state index contributed by atoms with van der Waals surface area (Å²) in [6.07, 6.45) is 1.56. The van der Waals surface area contributed by atoms with Crippen LogP contribution in [-0.4, -0.2) is 28.3 Å². The summed E-state index contributed by atoms with van der Waals surface area (Å²) >= 11 is 0. The molecular formula is C17H21N5O3S. The number of para-hydroxylation sites is 1. The Morgan fingerprint density at radius 3 is 2.96 bits per heavy atom. The Kier molecular flexibility index (Phi) is 4.28. The number of sulfonamides is 1. The van der Waals surface area contributed by atoms with E-state index in [9.17, 15) is 8.42 Å². The molecule has 9 heteroatoms. The zero-order valence-electron chi connectivity index (χ0n) is 14.7. The van der Waals surface area contributed by atoms with E-state index in [0.717, 1.165) is 18.8 Å². The van der Waals surface area contributed by atoms with Gasteiger partial charge in [-0.05, 0) is 25.0 Å². The fourth-order valence-corrected chi connectivity index (χ4v) is 4.51. The van der Waals surface area contributed by atoms with Gasteiger partial charge in [0.2, 0.25) is 10.0 Å². The molecule has 0 amide bonds. The van der Waals surface area contributed by atoms with Crippen LogP contribution in [0.5, 0.6) is 0 Å². The first-order valence-electron chi connectivity index (χ1n) is 8.71. The fourth-order valence-electron chi connectivity index (χ4n) is 3.21. The Morgan fingerprint density at radius 2 is 2.15 bits per heavy atom. The Labute approximate surface area is 151 Å². The highest BCUT2D eigenvalue weighted by molar-refractivity contribution is 7.88. The summed E-state index contributed by atoms with van der Waals surface area (Å²) in [6.45, 7) is 4.81. The van der Waals surface area contributed by atoms with Crippen LogP contribution in [-0.2, 0) is 22.3 Å². The minimum atomic E-state index is -3.60. The smallest absolute Gasteiger partial charge is 0.218 e. The van der Waals surface area contributed by atoms with Crippen molar-refractivity contribution in [3.8, 4) is 0 Å². The maximum absolute atomic E-state index is 12.7. The zero-order chi connectivity index (χ0) is 18.3. The third kappa shape index (κ3) is 3.24. The Balaban J connectivity index is 1.57. The standard InChI is InChI=1S/C17H21N5O3S/c1-11(2)16-18-17-13(7-5-9-22(17)19-16)21-26(23,24)10-14-12-6-3-4-8-15(12)25-20-14/h3-4,6,8,11,13,21H,5,7,9-10H2,1-2H3. The van der Waals surface area contributed by atoms with E-state index in [0.29, 0.717) is 28.9 Å². The van der Waals surface area contributed by atoms with E-state index in [1.54, 1.807) is 6.07 Å². The van der Waals surface area contributed by atoms with Gasteiger partial charge in [-0.2, -0.15) is 5.10 Å². The van der Waals surface area contributed by atoms with Gasteiger partial charge in [-0.15, -0.1) is 0 Å². The van der Waals surface area contributed by atoms with E-state index in [2.05, 4.69) is 20.0 Å². The molecule has 0 bridgehead atoms. The van der Waals surface area contributed by atoms with Crippen molar-refractivity contribution >= 4 is 21.0 Å². The van der Waals surface area contributed by atoms with Crippen LogP contribution in [0.4, 0.5) is 0 Å². The molecular weight excluding hydrogens is 354 g/mol. The van der Waals surface area contributed by atoms with E-state index >= 15 is 0 Å². The molecule has 1 aromatic carbocycles. The second-order valence-corrected chi connectivity index (χ2v) is 8.66. The van der Waals surface area contributed by atoms with Gasteiger partial charge in [-0.25, -0.2) is 22.8 Å². The Bertz CT molecular complexity index is 1040. The first kappa shape index (κ1) is 17.2. The van der Waals surface area contributed by atoms with Gasteiger partial charge in [0.15, 0.2) is 11.4 Å². The van der Waals surface area contributed by atoms with Gasteiger partial charge >= 0.3 is 0 Å². The Hall–Kier alpha value is -2.26. The summed E-state index contributed by atoms with van der Waals surface area (Å²) in [5, 5.41) is 9.12. The second-order valence-electron chi connectivity index (χ2n) is 6.90. The monoisotopic (exact) mass is 375 g/mol. The molecule has 3 aromatic rings. The topological polar surface area (TPSA) is 103 Å². The lowest BCUT2D eigenvalue weighted by Crippen LogP contribution is -2.34. The van der Waals surface area contributed by atoms with Crippen molar-refractivity contribution in [3.63, 3.8) is 0 Å². The van der Waals surface area contributed by atoms with Crippen molar-refractivity contribution in [2.45, 2.75) is 50.9 Å². The van der Waals surface area contributed by atoms with Crippen molar-refractivity contribution in [2.24, 2.45) is 0 Å². The molecule has 0 fully saturated rings. The molecule has 1 atom stereocenters. The lowest BCUT2D eigenvalue weighted by Gasteiger charge is -2.22. The summed E-state index contributed by atoms with van der Waals surface area (Å²) in [4.78, 5) is 4.55. The van der Waals surface area contributed by atoms with Crippen LogP contribution in [0, 0.1) is 0 Å². The summed E-state index contributed by atoms with van der Waals surface area (Å²) in [5.41, 5.74) is 0.991. The molecule has 138 valence electrons. The first-order valence-corrected chi connectivity index (χ1v) is 10.4. The van der Waals surface area contributed by atoms with Crippen LogP contribution >= 0.6 is 0 Å². The number of aromatic nitrogens is 4. The molecule has 0 radical (unpaired) electrons. The predicted octanol–water partition coefficient (Wildman–Crippen LogP) is 2.50. The minimum Gasteiger partial charge on any atom is -0.356 e. The van der Waals surface area contributed by atoms with Crippen LogP contribution in [0.2, 0.25) is 0 Å². The molecule has 0 aliphatic carbocycles. The molecule has 2 aromatic heterocycles. The SMILES string of the molecule is CC(C)c1nc2n(n1)CCCC2NS(=O)(=O)Cc1noc2ccccc12. The normalized spacial score (nSPS) is 17.7. The van der Waals surface area contributed by atoms with Gasteiger partial charge in [-0.3, -0.25) is 0 Å². The average Bonchev–Trinajstić information content (AvgIpc) is 3.20. The number of hydrogen-bond donors (Lipinski definition) is 1. The molecule has 26 heavy (non-hydrogen) atoms. The summed E-state index contributed by atoms with van der Waals surface area (Å²) < 4.78 is 35.2. The molecule has 1 unspecified atom stereocenters. The lowest BCUT2D eigenvalue weighted by atomic mass is 10.1. The number of nitrogens with zero attached hydrogens (tertiary/aromatic N) is 4. The number of nitrogens with one attached hydrogen (secondary N) is 1. The summed E-state index contributed by atoms with van der Waals surface area (Å²) in [5.74, 6) is 1.40.